The van der Waals surface area contributed by atoms with Crippen molar-refractivity contribution in [3.8, 4) is 5.69 Å². The molecule has 0 unspecified atom stereocenters. The molecular weight excluding hydrogens is 314 g/mol. The molecule has 1 atom stereocenters. The second-order valence-corrected chi connectivity index (χ2v) is 6.75. The number of anilines is 1. The van der Waals surface area contributed by atoms with Gasteiger partial charge in [-0.2, -0.15) is 4.98 Å². The van der Waals surface area contributed by atoms with Crippen LogP contribution in [0, 0.1) is 13.8 Å². The molecule has 2 heterocycles. The van der Waals surface area contributed by atoms with Crippen molar-refractivity contribution in [1.82, 2.24) is 9.55 Å². The van der Waals surface area contributed by atoms with Crippen LogP contribution in [-0.2, 0) is 0 Å². The third-order valence-electron chi connectivity index (χ3n) is 4.85. The summed E-state index contributed by atoms with van der Waals surface area (Å²) in [6, 6.07) is 13.9. The highest BCUT2D eigenvalue weighted by Gasteiger charge is 2.24. The highest BCUT2D eigenvalue weighted by atomic mass is 16.3. The minimum absolute atomic E-state index is 0.288. The van der Waals surface area contributed by atoms with E-state index in [1.54, 1.807) is 4.57 Å². The van der Waals surface area contributed by atoms with E-state index >= 15 is 0 Å². The summed E-state index contributed by atoms with van der Waals surface area (Å²) in [4.78, 5) is 19.3. The van der Waals surface area contributed by atoms with E-state index in [-0.39, 0.29) is 11.8 Å². The second kappa shape index (κ2) is 6.01. The Hall–Kier alpha value is -2.66. The summed E-state index contributed by atoms with van der Waals surface area (Å²) in [5.41, 5.74) is 3.53. The number of aliphatic hydroxyl groups excluding tert-OH is 1. The fraction of sp³-hybridized carbons (Fsp3) is 0.300. The molecule has 1 fully saturated rings. The Morgan fingerprint density at radius 3 is 2.68 bits per heavy atom. The lowest BCUT2D eigenvalue weighted by Crippen LogP contribution is -2.29. The zero-order valence-electron chi connectivity index (χ0n) is 14.4. The van der Waals surface area contributed by atoms with Crippen molar-refractivity contribution >= 4 is 16.7 Å². The standard InChI is InChI=1S/C20H21N3O2/c1-13-7-8-16-18(11-13)23(17-6-4-3-5-14(17)2)20(25)21-19(16)22-10-9-15(24)12-22/h3-8,11,15,24H,9-10,12H2,1-2H3/t15-/m1/s1. The predicted octanol–water partition coefficient (Wildman–Crippen LogP) is 2.57. The topological polar surface area (TPSA) is 58.4 Å². The van der Waals surface area contributed by atoms with Gasteiger partial charge >= 0.3 is 5.69 Å². The van der Waals surface area contributed by atoms with E-state index in [9.17, 15) is 9.90 Å². The maximum absolute atomic E-state index is 12.9. The number of rotatable bonds is 2. The highest BCUT2D eigenvalue weighted by Crippen LogP contribution is 2.28. The minimum atomic E-state index is -0.360. The van der Waals surface area contributed by atoms with Gasteiger partial charge in [0.2, 0.25) is 0 Å². The summed E-state index contributed by atoms with van der Waals surface area (Å²) in [5, 5.41) is 10.8. The van der Waals surface area contributed by atoms with Gasteiger partial charge in [-0.15, -0.1) is 0 Å². The van der Waals surface area contributed by atoms with Gasteiger partial charge in [-0.1, -0.05) is 24.3 Å². The number of hydrogen-bond acceptors (Lipinski definition) is 4. The first kappa shape index (κ1) is 15.8. The maximum Gasteiger partial charge on any atom is 0.354 e. The first-order valence-electron chi connectivity index (χ1n) is 8.57. The number of benzene rings is 2. The molecule has 1 N–H and O–H groups in total. The van der Waals surface area contributed by atoms with Crippen LogP contribution in [0.1, 0.15) is 17.5 Å². The molecule has 0 amide bonds. The lowest BCUT2D eigenvalue weighted by atomic mass is 10.1. The maximum atomic E-state index is 12.9. The number of hydrogen-bond donors (Lipinski definition) is 1. The molecule has 0 radical (unpaired) electrons. The molecule has 1 saturated heterocycles. The summed E-state index contributed by atoms with van der Waals surface area (Å²) < 4.78 is 1.69. The molecule has 2 aromatic carbocycles. The number of aryl methyl sites for hydroxylation is 2. The summed E-state index contributed by atoms with van der Waals surface area (Å²) in [6.07, 6.45) is 0.344. The van der Waals surface area contributed by atoms with E-state index in [2.05, 4.69) is 4.98 Å². The third kappa shape index (κ3) is 2.70. The van der Waals surface area contributed by atoms with Crippen LogP contribution in [0.5, 0.6) is 0 Å². The number of nitrogens with zero attached hydrogens (tertiary/aromatic N) is 3. The monoisotopic (exact) mass is 335 g/mol. The second-order valence-electron chi connectivity index (χ2n) is 6.75. The van der Waals surface area contributed by atoms with Gasteiger partial charge in [0.1, 0.15) is 5.82 Å². The van der Waals surface area contributed by atoms with Gasteiger partial charge in [-0.3, -0.25) is 4.57 Å². The van der Waals surface area contributed by atoms with Crippen LogP contribution in [0.3, 0.4) is 0 Å². The molecule has 128 valence electrons. The normalized spacial score (nSPS) is 17.4. The molecule has 0 saturated carbocycles. The number of aliphatic hydroxyl groups is 1. The largest absolute Gasteiger partial charge is 0.391 e. The van der Waals surface area contributed by atoms with E-state index < -0.39 is 0 Å². The quantitative estimate of drug-likeness (QED) is 0.782. The molecule has 1 aliphatic heterocycles. The van der Waals surface area contributed by atoms with Crippen LogP contribution >= 0.6 is 0 Å². The smallest absolute Gasteiger partial charge is 0.354 e. The lowest BCUT2D eigenvalue weighted by Gasteiger charge is -2.21. The van der Waals surface area contributed by atoms with Gasteiger partial charge in [0.05, 0.1) is 17.3 Å². The first-order chi connectivity index (χ1) is 12.0. The molecule has 25 heavy (non-hydrogen) atoms. The Bertz CT molecular complexity index is 1010. The predicted molar refractivity (Wildman–Crippen MR) is 99.7 cm³/mol. The van der Waals surface area contributed by atoms with E-state index in [1.807, 2.05) is 61.2 Å². The van der Waals surface area contributed by atoms with Gasteiger partial charge < -0.3 is 10.0 Å². The highest BCUT2D eigenvalue weighted by molar-refractivity contribution is 5.91. The molecular formula is C20H21N3O2. The molecule has 1 aromatic heterocycles. The van der Waals surface area contributed by atoms with Crippen LogP contribution in [0.4, 0.5) is 5.82 Å². The molecule has 0 bridgehead atoms. The number of β-amino-alcohol motifs (C(OH)–C–C–N with tert-alkyl or cyclic N) is 1. The Labute approximate surface area is 146 Å². The molecule has 4 rings (SSSR count). The SMILES string of the molecule is Cc1ccc2c(N3CC[C@@H](O)C3)nc(=O)n(-c3ccccc3C)c2c1. The van der Waals surface area contributed by atoms with Crippen molar-refractivity contribution in [2.45, 2.75) is 26.4 Å². The Kier molecular flexibility index (Phi) is 3.81. The van der Waals surface area contributed by atoms with Gasteiger partial charge in [-0.25, -0.2) is 4.79 Å². The van der Waals surface area contributed by atoms with E-state index in [4.69, 9.17) is 0 Å². The number of fused-ring (bicyclic) bond motifs is 1. The fourth-order valence-electron chi connectivity index (χ4n) is 3.54. The Balaban J connectivity index is 2.03. The van der Waals surface area contributed by atoms with E-state index in [1.165, 1.54) is 0 Å². The number of para-hydroxylation sites is 1. The summed E-state index contributed by atoms with van der Waals surface area (Å²) in [7, 11) is 0. The van der Waals surface area contributed by atoms with Gasteiger partial charge in [0.25, 0.3) is 0 Å². The summed E-state index contributed by atoms with van der Waals surface area (Å²) in [5.74, 6) is 0.668. The van der Waals surface area contributed by atoms with Crippen molar-refractivity contribution in [1.29, 1.82) is 0 Å². The zero-order valence-corrected chi connectivity index (χ0v) is 14.4. The average Bonchev–Trinajstić information content (AvgIpc) is 3.01. The van der Waals surface area contributed by atoms with Crippen LogP contribution in [0.2, 0.25) is 0 Å². The van der Waals surface area contributed by atoms with E-state index in [0.29, 0.717) is 25.3 Å². The van der Waals surface area contributed by atoms with Crippen LogP contribution in [-0.4, -0.2) is 33.9 Å². The van der Waals surface area contributed by atoms with Crippen LogP contribution in [0.15, 0.2) is 47.3 Å². The Morgan fingerprint density at radius 1 is 1.16 bits per heavy atom. The van der Waals surface area contributed by atoms with Crippen molar-refractivity contribution in [3.05, 3.63) is 64.1 Å². The zero-order chi connectivity index (χ0) is 17.6. The molecule has 0 spiro atoms. The minimum Gasteiger partial charge on any atom is -0.391 e. The fourth-order valence-corrected chi connectivity index (χ4v) is 3.54. The van der Waals surface area contributed by atoms with Crippen molar-refractivity contribution < 1.29 is 5.11 Å². The lowest BCUT2D eigenvalue weighted by molar-refractivity contribution is 0.198. The molecule has 0 aliphatic carbocycles. The first-order valence-corrected chi connectivity index (χ1v) is 8.57. The number of aromatic nitrogens is 2. The van der Waals surface area contributed by atoms with Crippen LogP contribution < -0.4 is 10.6 Å². The van der Waals surface area contributed by atoms with Gasteiger partial charge in [0, 0.05) is 18.5 Å². The molecule has 3 aromatic rings. The molecule has 1 aliphatic rings. The summed E-state index contributed by atoms with van der Waals surface area (Å²) >= 11 is 0. The van der Waals surface area contributed by atoms with Gasteiger partial charge in [0.15, 0.2) is 0 Å². The van der Waals surface area contributed by atoms with Crippen molar-refractivity contribution in [3.63, 3.8) is 0 Å². The third-order valence-corrected chi connectivity index (χ3v) is 4.85. The van der Waals surface area contributed by atoms with Crippen LogP contribution in [0.25, 0.3) is 16.6 Å². The molecule has 5 heteroatoms. The van der Waals surface area contributed by atoms with Gasteiger partial charge in [-0.05, 0) is 49.6 Å². The van der Waals surface area contributed by atoms with Crippen molar-refractivity contribution in [2.24, 2.45) is 0 Å². The average molecular weight is 335 g/mol. The van der Waals surface area contributed by atoms with Crippen molar-refractivity contribution in [2.75, 3.05) is 18.0 Å². The Morgan fingerprint density at radius 2 is 1.96 bits per heavy atom. The molecule has 5 nitrogen and oxygen atoms in total. The summed E-state index contributed by atoms with van der Waals surface area (Å²) in [6.45, 7) is 5.24. The van der Waals surface area contributed by atoms with E-state index in [0.717, 1.165) is 27.7 Å².